The Labute approximate surface area is 139 Å². The molecule has 0 amide bonds. The van der Waals surface area contributed by atoms with E-state index in [1.807, 2.05) is 0 Å². The summed E-state index contributed by atoms with van der Waals surface area (Å²) >= 11 is 0. The first-order valence-electron chi connectivity index (χ1n) is 9.69. The molecule has 0 radical (unpaired) electrons. The van der Waals surface area contributed by atoms with Crippen molar-refractivity contribution in [1.82, 2.24) is 0 Å². The molecule has 1 atom stereocenters. The van der Waals surface area contributed by atoms with E-state index >= 15 is 0 Å². The van der Waals surface area contributed by atoms with Gasteiger partial charge in [0.15, 0.2) is 0 Å². The standard InChI is InChI=1S/C19H39BO2/c1-7-9-11-12-14-16-17(15-13-10-8-2)20-21-18(3,4)19(5,6)22-20/h17H,7-16H2,1-6H3. The lowest BCUT2D eigenvalue weighted by Crippen LogP contribution is -2.41. The number of hydrogen-bond acceptors (Lipinski definition) is 2. The summed E-state index contributed by atoms with van der Waals surface area (Å²) in [5.74, 6) is 0.564. The molecule has 3 heteroatoms. The Balaban J connectivity index is 2.50. The van der Waals surface area contributed by atoms with Gasteiger partial charge in [0.05, 0.1) is 11.2 Å². The van der Waals surface area contributed by atoms with Gasteiger partial charge in [-0.15, -0.1) is 0 Å². The zero-order chi connectivity index (χ0) is 16.6. The SMILES string of the molecule is CCCCCCCC(CCCCC)B1OC(C)(C)C(C)(C)O1. The van der Waals surface area contributed by atoms with Crippen LogP contribution in [0.4, 0.5) is 0 Å². The number of unbranched alkanes of at least 4 members (excludes halogenated alkanes) is 6. The van der Waals surface area contributed by atoms with Gasteiger partial charge in [-0.3, -0.25) is 0 Å². The van der Waals surface area contributed by atoms with Crippen LogP contribution in [0.5, 0.6) is 0 Å². The van der Waals surface area contributed by atoms with Crippen molar-refractivity contribution in [3.63, 3.8) is 0 Å². The Morgan fingerprint density at radius 3 is 1.59 bits per heavy atom. The predicted molar refractivity (Wildman–Crippen MR) is 97.4 cm³/mol. The molecule has 0 saturated carbocycles. The van der Waals surface area contributed by atoms with Crippen molar-refractivity contribution in [2.75, 3.05) is 0 Å². The van der Waals surface area contributed by atoms with Gasteiger partial charge in [0, 0.05) is 0 Å². The van der Waals surface area contributed by atoms with Crippen LogP contribution in [0.25, 0.3) is 0 Å². The second-order valence-corrected chi connectivity index (χ2v) is 8.08. The van der Waals surface area contributed by atoms with Crippen LogP contribution >= 0.6 is 0 Å². The summed E-state index contributed by atoms with van der Waals surface area (Å²) in [6, 6.07) is 0. The molecule has 0 N–H and O–H groups in total. The van der Waals surface area contributed by atoms with E-state index in [9.17, 15) is 0 Å². The molecule has 22 heavy (non-hydrogen) atoms. The zero-order valence-electron chi connectivity index (χ0n) is 16.0. The molecule has 1 unspecified atom stereocenters. The molecule has 0 aromatic rings. The van der Waals surface area contributed by atoms with Crippen LogP contribution in [0.1, 0.15) is 106 Å². The summed E-state index contributed by atoms with van der Waals surface area (Å²) in [5, 5.41) is 0. The molecule has 1 saturated heterocycles. The second-order valence-electron chi connectivity index (χ2n) is 8.08. The lowest BCUT2D eigenvalue weighted by atomic mass is 9.66. The van der Waals surface area contributed by atoms with Crippen molar-refractivity contribution in [3.05, 3.63) is 0 Å². The summed E-state index contributed by atoms with van der Waals surface area (Å²) in [4.78, 5) is 0. The Morgan fingerprint density at radius 1 is 0.682 bits per heavy atom. The van der Waals surface area contributed by atoms with Crippen molar-refractivity contribution in [2.24, 2.45) is 0 Å². The molecule has 130 valence electrons. The Morgan fingerprint density at radius 2 is 1.09 bits per heavy atom. The summed E-state index contributed by atoms with van der Waals surface area (Å²) in [7, 11) is -0.00645. The highest BCUT2D eigenvalue weighted by atomic mass is 16.7. The first-order valence-corrected chi connectivity index (χ1v) is 9.69. The van der Waals surface area contributed by atoms with E-state index in [0.717, 1.165) is 0 Å². The van der Waals surface area contributed by atoms with Gasteiger partial charge in [-0.2, -0.15) is 0 Å². The van der Waals surface area contributed by atoms with Gasteiger partial charge < -0.3 is 9.31 Å². The van der Waals surface area contributed by atoms with E-state index in [0.29, 0.717) is 5.82 Å². The van der Waals surface area contributed by atoms with E-state index in [4.69, 9.17) is 9.31 Å². The van der Waals surface area contributed by atoms with Gasteiger partial charge >= 0.3 is 7.12 Å². The van der Waals surface area contributed by atoms with Crippen LogP contribution in [0.2, 0.25) is 5.82 Å². The lowest BCUT2D eigenvalue weighted by molar-refractivity contribution is 0.00578. The molecular formula is C19H39BO2. The van der Waals surface area contributed by atoms with E-state index in [-0.39, 0.29) is 18.3 Å². The molecule has 0 aromatic carbocycles. The number of rotatable bonds is 11. The van der Waals surface area contributed by atoms with Crippen molar-refractivity contribution in [2.45, 2.75) is 123 Å². The average Bonchev–Trinajstić information content (AvgIpc) is 2.65. The molecule has 1 aliphatic rings. The van der Waals surface area contributed by atoms with Crippen molar-refractivity contribution >= 4 is 7.12 Å². The maximum Gasteiger partial charge on any atom is 0.461 e. The van der Waals surface area contributed by atoms with E-state index in [1.165, 1.54) is 64.2 Å². The monoisotopic (exact) mass is 310 g/mol. The molecule has 1 aliphatic heterocycles. The van der Waals surface area contributed by atoms with Crippen LogP contribution in [0, 0.1) is 0 Å². The molecule has 0 aliphatic carbocycles. The van der Waals surface area contributed by atoms with Crippen molar-refractivity contribution < 1.29 is 9.31 Å². The molecular weight excluding hydrogens is 271 g/mol. The summed E-state index contributed by atoms with van der Waals surface area (Å²) in [6.45, 7) is 13.2. The summed E-state index contributed by atoms with van der Waals surface area (Å²) in [5.41, 5.74) is -0.383. The summed E-state index contributed by atoms with van der Waals surface area (Å²) < 4.78 is 12.6. The minimum absolute atomic E-state index is 0.00645. The van der Waals surface area contributed by atoms with E-state index in [2.05, 4.69) is 41.5 Å². The molecule has 0 spiro atoms. The first kappa shape index (κ1) is 20.0. The van der Waals surface area contributed by atoms with Crippen molar-refractivity contribution in [1.29, 1.82) is 0 Å². The minimum atomic E-state index is -0.192. The highest BCUT2D eigenvalue weighted by molar-refractivity contribution is 6.47. The van der Waals surface area contributed by atoms with Crippen LogP contribution < -0.4 is 0 Å². The first-order chi connectivity index (χ1) is 10.3. The van der Waals surface area contributed by atoms with Gasteiger partial charge in [-0.25, -0.2) is 0 Å². The Bertz CT molecular complexity index is 286. The second kappa shape index (κ2) is 9.32. The van der Waals surface area contributed by atoms with Crippen LogP contribution in [-0.4, -0.2) is 18.3 Å². The highest BCUT2D eigenvalue weighted by Gasteiger charge is 2.53. The van der Waals surface area contributed by atoms with Gasteiger partial charge in [0.25, 0.3) is 0 Å². The van der Waals surface area contributed by atoms with Crippen LogP contribution in [0.3, 0.4) is 0 Å². The third-order valence-electron chi connectivity index (χ3n) is 5.51. The Hall–Kier alpha value is -0.0151. The average molecular weight is 310 g/mol. The number of hydrogen-bond donors (Lipinski definition) is 0. The normalized spacial score (nSPS) is 21.3. The largest absolute Gasteiger partial charge is 0.461 e. The minimum Gasteiger partial charge on any atom is -0.403 e. The molecule has 1 rings (SSSR count). The fraction of sp³-hybridized carbons (Fsp3) is 1.00. The fourth-order valence-corrected chi connectivity index (χ4v) is 3.16. The molecule has 2 nitrogen and oxygen atoms in total. The highest BCUT2D eigenvalue weighted by Crippen LogP contribution is 2.42. The van der Waals surface area contributed by atoms with E-state index < -0.39 is 0 Å². The smallest absolute Gasteiger partial charge is 0.403 e. The molecule has 0 aromatic heterocycles. The van der Waals surface area contributed by atoms with Crippen molar-refractivity contribution in [3.8, 4) is 0 Å². The zero-order valence-corrected chi connectivity index (χ0v) is 16.0. The lowest BCUT2D eigenvalue weighted by Gasteiger charge is -2.32. The van der Waals surface area contributed by atoms with Gasteiger partial charge in [-0.05, 0) is 33.5 Å². The molecule has 1 fully saturated rings. The van der Waals surface area contributed by atoms with Gasteiger partial charge in [0.1, 0.15) is 0 Å². The predicted octanol–water partition coefficient (Wildman–Crippen LogP) is 6.39. The maximum atomic E-state index is 6.31. The third kappa shape index (κ3) is 5.89. The fourth-order valence-electron chi connectivity index (χ4n) is 3.16. The van der Waals surface area contributed by atoms with Gasteiger partial charge in [-0.1, -0.05) is 78.1 Å². The van der Waals surface area contributed by atoms with Crippen LogP contribution in [-0.2, 0) is 9.31 Å². The molecule has 0 bridgehead atoms. The third-order valence-corrected chi connectivity index (χ3v) is 5.51. The van der Waals surface area contributed by atoms with Crippen LogP contribution in [0.15, 0.2) is 0 Å². The Kier molecular flexibility index (Phi) is 8.49. The van der Waals surface area contributed by atoms with Gasteiger partial charge in [0.2, 0.25) is 0 Å². The van der Waals surface area contributed by atoms with E-state index in [1.54, 1.807) is 0 Å². The summed E-state index contributed by atoms with van der Waals surface area (Å²) in [6.07, 6.45) is 13.2. The quantitative estimate of drug-likeness (QED) is 0.325. The maximum absolute atomic E-state index is 6.31. The molecule has 1 heterocycles. The topological polar surface area (TPSA) is 18.5 Å².